The van der Waals surface area contributed by atoms with Crippen molar-refractivity contribution in [3.05, 3.63) is 561 Å². The third-order valence-corrected chi connectivity index (χ3v) is 31.2. The third kappa shape index (κ3) is 13.5. The standard InChI is InChI=1S/C52H41N.C48H30.C40H33N/c1-51(2)45-22-14-13-19-40(45)43-31-47-44(32-46(43)51)50-42-21-12-11-20-41(42)49(33-48(50)52(47,3)4)53(38-27-23-36(24-28-38)34-15-7-5-8-16-34)39-29-25-37(26-30-39)35-17-9-6-10-18-35;1-4-16-31(17-5-1)28-40-34-22-10-13-25-37(34)43-46(40)44-38-26-14-11-23-35(38)41(29-32-18-6-2-7-19-32)48(44)45-39-27-15-12-24-36(39)42(47(43)45)30-33-20-8-3-9-21-33;1-39(2)33-22-14-13-19-28(33)31-23-35-32(24-34(31)39)38-30-21-12-11-20-29(30)37(25-36(38)40(35,3)4)41(26-15-7-5-8-16-26)27-17-9-6-10-18-27/h5-33H,1-4H3;1-30H;5-25H,1-4H3/b;40-28+,41-29+,42-30+;/i;;5D,6D,7D,8D,9D,10D,15D,16D,17D,18D. The molecule has 0 N–H and O–H groups in total. The van der Waals surface area contributed by atoms with Crippen LogP contribution < -0.4 is 9.80 Å². The fraction of sp³-hybridized carbons (Fsp3) is 0.0857. The van der Waals surface area contributed by atoms with Crippen LogP contribution in [0.4, 0.5) is 34.1 Å². The minimum Gasteiger partial charge on any atom is -0.310 e. The molecule has 0 bridgehead atoms. The van der Waals surface area contributed by atoms with E-state index < -0.39 is 65.8 Å². The molecule has 28 rings (SSSR count). The van der Waals surface area contributed by atoms with Gasteiger partial charge < -0.3 is 9.80 Å². The molecule has 0 amide bonds. The van der Waals surface area contributed by atoms with E-state index in [-0.39, 0.29) is 27.6 Å². The first-order chi connectivity index (χ1) is 73.7. The van der Waals surface area contributed by atoms with Crippen molar-refractivity contribution in [1.82, 2.24) is 0 Å². The van der Waals surface area contributed by atoms with Gasteiger partial charge in [-0.2, -0.15) is 0 Å². The van der Waals surface area contributed by atoms with E-state index in [1.165, 1.54) is 211 Å². The van der Waals surface area contributed by atoms with E-state index in [0.29, 0.717) is 11.1 Å². The molecule has 0 radical (unpaired) electrons. The zero-order chi connectivity index (χ0) is 104. The van der Waals surface area contributed by atoms with E-state index in [4.69, 9.17) is 13.7 Å². The molecule has 0 aliphatic heterocycles. The van der Waals surface area contributed by atoms with Crippen LogP contribution in [0.15, 0.2) is 467 Å². The smallest absolute Gasteiger partial charge is 0.0645 e. The van der Waals surface area contributed by atoms with Gasteiger partial charge in [0.15, 0.2) is 0 Å². The van der Waals surface area contributed by atoms with Crippen molar-refractivity contribution in [2.24, 2.45) is 0 Å². The van der Waals surface area contributed by atoms with Crippen molar-refractivity contribution < 1.29 is 13.7 Å². The molecule has 0 unspecified atom stereocenters. The Bertz CT molecular complexity index is 8980. The van der Waals surface area contributed by atoms with Gasteiger partial charge in [-0.15, -0.1) is 0 Å². The fourth-order valence-corrected chi connectivity index (χ4v) is 24.4. The molecule has 142 heavy (non-hydrogen) atoms. The third-order valence-electron chi connectivity index (χ3n) is 31.2. The quantitative estimate of drug-likeness (QED) is 0.127. The Morgan fingerprint density at radius 2 is 0.437 bits per heavy atom. The summed E-state index contributed by atoms with van der Waals surface area (Å²) in [6, 6.07) is 141. The van der Waals surface area contributed by atoms with Crippen molar-refractivity contribution >= 4 is 90.6 Å². The molecule has 0 atom stereocenters. The summed E-state index contributed by atoms with van der Waals surface area (Å²) in [7, 11) is 0. The second-order valence-corrected chi connectivity index (χ2v) is 40.4. The maximum absolute atomic E-state index is 9.00. The highest BCUT2D eigenvalue weighted by molar-refractivity contribution is 6.27. The monoisotopic (exact) mass is 1820 g/mol. The maximum atomic E-state index is 9.00. The van der Waals surface area contributed by atoms with Gasteiger partial charge >= 0.3 is 0 Å². The molecule has 0 saturated carbocycles. The van der Waals surface area contributed by atoms with Gasteiger partial charge in [0.2, 0.25) is 0 Å². The van der Waals surface area contributed by atoms with Gasteiger partial charge in [-0.3, -0.25) is 0 Å². The van der Waals surface area contributed by atoms with E-state index in [1.807, 2.05) is 30.3 Å². The zero-order valence-corrected chi connectivity index (χ0v) is 80.3. The lowest BCUT2D eigenvalue weighted by molar-refractivity contribution is 0.652. The second kappa shape index (κ2) is 33.4. The highest BCUT2D eigenvalue weighted by Gasteiger charge is 2.48. The van der Waals surface area contributed by atoms with Crippen molar-refractivity contribution in [3.8, 4) is 100 Å². The van der Waals surface area contributed by atoms with Crippen LogP contribution in [0.1, 0.15) is 164 Å². The summed E-state index contributed by atoms with van der Waals surface area (Å²) in [5.74, 6) is 0. The lowest BCUT2D eigenvalue weighted by Crippen LogP contribution is -2.18. The van der Waals surface area contributed by atoms with Gasteiger partial charge in [-0.25, -0.2) is 0 Å². The van der Waals surface area contributed by atoms with Gasteiger partial charge in [0.1, 0.15) is 0 Å². The van der Waals surface area contributed by atoms with Gasteiger partial charge in [0.05, 0.1) is 25.1 Å². The Morgan fingerprint density at radius 1 is 0.183 bits per heavy atom. The first-order valence-corrected chi connectivity index (χ1v) is 49.3. The van der Waals surface area contributed by atoms with E-state index in [2.05, 4.69) is 455 Å². The van der Waals surface area contributed by atoms with E-state index in [1.54, 1.807) is 0 Å². The fourth-order valence-electron chi connectivity index (χ4n) is 24.4. The molecule has 7 aliphatic rings. The molecular formula is C140H104N2. The molecule has 0 spiro atoms. The number of para-hydroxylation sites is 2. The number of rotatable bonds is 11. The molecule has 0 heterocycles. The molecule has 2 nitrogen and oxygen atoms in total. The summed E-state index contributed by atoms with van der Waals surface area (Å²) >= 11 is 0. The molecule has 0 aromatic heterocycles. The number of benzene rings is 21. The van der Waals surface area contributed by atoms with Crippen molar-refractivity contribution in [2.75, 3.05) is 9.80 Å². The van der Waals surface area contributed by atoms with Crippen LogP contribution in [0.25, 0.3) is 157 Å². The van der Waals surface area contributed by atoms with Crippen molar-refractivity contribution in [1.29, 1.82) is 0 Å². The molecule has 674 valence electrons. The molecule has 0 saturated heterocycles. The van der Waals surface area contributed by atoms with Crippen molar-refractivity contribution in [3.63, 3.8) is 0 Å². The summed E-state index contributed by atoms with van der Waals surface area (Å²) < 4.78 is 86.7. The molecular weight excluding hydrogens is 1710 g/mol. The number of hydrogen-bond acceptors (Lipinski definition) is 2. The Balaban J connectivity index is 0.000000115. The summed E-state index contributed by atoms with van der Waals surface area (Å²) in [6.07, 6.45) is 7.21. The SMILES string of the molecule is C(=C1/c2ccccc2-c2c1c1c(c3c2/C(=C/c2ccccc2)c2ccccc2-3)/C(=C/c2ccccc2)c2ccccc2-1)/c1ccccc1.CC1(C)c2ccccc2-c2cc3c(cc21)-c1c(cc(N(c2ccc(-c4ccccc4)cc2)c2ccc(-c4ccccc4)cc2)c2ccccc12)C3(C)C.[2H]c1c([2H])c([2H])c(N(c2c([2H])c([2H])c([2H])c([2H])c2[2H])c2cc3c(c4ccccc24)-c2cc4c(cc2C3(C)C)-c2ccccc2C4(C)C)c([2H])c1[2H]. The minimum absolute atomic E-state index is 0.0573. The van der Waals surface area contributed by atoms with E-state index in [0.717, 1.165) is 39.0 Å². The average molecular weight is 1820 g/mol. The zero-order valence-electron chi connectivity index (χ0n) is 90.3. The number of hydrogen-bond donors (Lipinski definition) is 0. The molecule has 2 heteroatoms. The summed E-state index contributed by atoms with van der Waals surface area (Å²) in [4.78, 5) is 3.74. The Kier molecular flexibility index (Phi) is 17.6. The van der Waals surface area contributed by atoms with E-state index in [9.17, 15) is 0 Å². The van der Waals surface area contributed by atoms with Crippen LogP contribution in [0.2, 0.25) is 0 Å². The van der Waals surface area contributed by atoms with Crippen LogP contribution in [0.5, 0.6) is 0 Å². The van der Waals surface area contributed by atoms with Crippen LogP contribution in [0.3, 0.4) is 0 Å². The Morgan fingerprint density at radius 3 is 0.775 bits per heavy atom. The first-order valence-electron chi connectivity index (χ1n) is 54.3. The average Bonchev–Trinajstić information content (AvgIpc) is 1.33. The molecule has 7 aliphatic carbocycles. The van der Waals surface area contributed by atoms with Crippen LogP contribution in [0, 0.1) is 0 Å². The summed E-state index contributed by atoms with van der Waals surface area (Å²) in [5, 5.41) is 4.00. The highest BCUT2D eigenvalue weighted by atomic mass is 15.2. The van der Waals surface area contributed by atoms with Gasteiger partial charge in [0.25, 0.3) is 0 Å². The predicted molar refractivity (Wildman–Crippen MR) is 601 cm³/mol. The lowest BCUT2D eigenvalue weighted by atomic mass is 9.79. The lowest BCUT2D eigenvalue weighted by Gasteiger charge is -2.30. The predicted octanol–water partition coefficient (Wildman–Crippen LogP) is 37.6. The van der Waals surface area contributed by atoms with Gasteiger partial charge in [-0.05, 0) is 325 Å². The second-order valence-electron chi connectivity index (χ2n) is 40.4. The topological polar surface area (TPSA) is 6.48 Å². The number of nitrogens with zero attached hydrogens (tertiary/aromatic N) is 2. The molecule has 0 fully saturated rings. The van der Waals surface area contributed by atoms with Crippen molar-refractivity contribution in [2.45, 2.75) is 77.0 Å². The number of fused-ring (bicyclic) bond motifs is 28. The molecule has 21 aromatic carbocycles. The van der Waals surface area contributed by atoms with Crippen LogP contribution in [-0.4, -0.2) is 0 Å². The number of anilines is 6. The van der Waals surface area contributed by atoms with E-state index >= 15 is 0 Å². The van der Waals surface area contributed by atoms with Gasteiger partial charge in [0, 0.05) is 55.2 Å². The Hall–Kier alpha value is -17.0. The van der Waals surface area contributed by atoms with Crippen LogP contribution in [-0.2, 0) is 21.7 Å². The molecule has 21 aromatic rings. The minimum atomic E-state index is -0.598. The van der Waals surface area contributed by atoms with Crippen LogP contribution >= 0.6 is 0 Å². The summed E-state index contributed by atoms with van der Waals surface area (Å²) in [6.45, 7) is 18.4. The maximum Gasteiger partial charge on any atom is 0.0645 e. The first kappa shape index (κ1) is 75.0. The summed E-state index contributed by atoms with van der Waals surface area (Å²) in [5.41, 5.74) is 50.4. The highest BCUT2D eigenvalue weighted by Crippen LogP contribution is 2.67. The van der Waals surface area contributed by atoms with Gasteiger partial charge in [-0.1, -0.05) is 437 Å². The normalized spacial score (nSPS) is 16.0. The largest absolute Gasteiger partial charge is 0.310 e. The Labute approximate surface area is 847 Å².